The Labute approximate surface area is 108 Å². The van der Waals surface area contributed by atoms with Gasteiger partial charge in [-0.2, -0.15) is 0 Å². The monoisotopic (exact) mass is 285 g/mol. The first-order chi connectivity index (χ1) is 7.15. The molecule has 0 heterocycles. The van der Waals surface area contributed by atoms with Gasteiger partial charge in [0.25, 0.3) is 0 Å². The number of nitrogens with two attached hydrogens (primary N) is 1. The number of allylic oxidation sites excluding steroid dienone is 4. The number of rotatable bonds is 3. The maximum Gasteiger partial charge on any atom is 0.330 e. The zero-order valence-corrected chi connectivity index (χ0v) is 9.92. The molecule has 0 aromatic heterocycles. The fourth-order valence-electron chi connectivity index (χ4n) is 0.992. The van der Waals surface area contributed by atoms with Crippen molar-refractivity contribution in [2.75, 3.05) is 7.11 Å². The van der Waals surface area contributed by atoms with Gasteiger partial charge in [0.15, 0.2) is 5.76 Å². The van der Waals surface area contributed by atoms with E-state index in [1.807, 2.05) is 0 Å². The second-order valence-electron chi connectivity index (χ2n) is 2.66. The first-order valence-electron chi connectivity index (χ1n) is 4.13. The Morgan fingerprint density at radius 2 is 2.18 bits per heavy atom. The summed E-state index contributed by atoms with van der Waals surface area (Å²) in [5.74, 6) is -0.0246. The number of urea groups is 1. The fourth-order valence-corrected chi connectivity index (χ4v) is 0.992. The molecule has 6 N–H and O–H groups in total. The third kappa shape index (κ3) is 5.19. The number of nitrogens with one attached hydrogen (secondary N) is 2. The molecule has 17 heavy (non-hydrogen) atoms. The molecule has 0 radical (unpaired) electrons. The van der Waals surface area contributed by atoms with Gasteiger partial charge >= 0.3 is 6.03 Å². The number of primary amides is 1. The molecule has 1 aliphatic rings. The summed E-state index contributed by atoms with van der Waals surface area (Å²) >= 11 is 0. The van der Waals surface area contributed by atoms with Gasteiger partial charge in [0.2, 0.25) is 5.78 Å². The fraction of sp³-hybridized carbons (Fsp3) is 0.111. The van der Waals surface area contributed by atoms with E-state index in [9.17, 15) is 9.59 Å². The van der Waals surface area contributed by atoms with Gasteiger partial charge in [-0.05, 0) is 12.2 Å². The van der Waals surface area contributed by atoms with E-state index in [1.54, 1.807) is 18.2 Å². The van der Waals surface area contributed by atoms with Gasteiger partial charge in [-0.25, -0.2) is 4.79 Å². The summed E-state index contributed by atoms with van der Waals surface area (Å²) in [7, 11) is 1.41. The van der Waals surface area contributed by atoms with E-state index in [1.165, 1.54) is 13.3 Å². The van der Waals surface area contributed by atoms with Crippen LogP contribution in [0.25, 0.3) is 0 Å². The van der Waals surface area contributed by atoms with Crippen molar-refractivity contribution in [3.63, 3.8) is 0 Å². The standard InChI is InChI=1S/C9H11N3O3.Ni.H2O/c1-15-7-4-2-3-6(8(7)13)5-11-12-9(10)14;;/h2-5,11H,1H3,(H3,10,12,14);;1H2/b6-5-;;. The quantitative estimate of drug-likeness (QED) is 0.345. The van der Waals surface area contributed by atoms with Crippen molar-refractivity contribution in [3.05, 3.63) is 35.8 Å². The second-order valence-corrected chi connectivity index (χ2v) is 2.66. The van der Waals surface area contributed by atoms with Crippen LogP contribution in [0.1, 0.15) is 0 Å². The van der Waals surface area contributed by atoms with Crippen LogP contribution in [0.4, 0.5) is 4.79 Å². The molecule has 0 atom stereocenters. The molecule has 0 fully saturated rings. The Hall–Kier alpha value is -1.79. The van der Waals surface area contributed by atoms with Crippen LogP contribution in [0.3, 0.4) is 0 Å². The number of Topliss-reactive ketones (excluding diaryl/α,β-unsaturated/α-hetero) is 1. The van der Waals surface area contributed by atoms with Crippen molar-refractivity contribution in [1.82, 2.24) is 10.9 Å². The van der Waals surface area contributed by atoms with Crippen molar-refractivity contribution < 1.29 is 36.3 Å². The minimum absolute atomic E-state index is 0. The van der Waals surface area contributed by atoms with Crippen LogP contribution >= 0.6 is 0 Å². The summed E-state index contributed by atoms with van der Waals surface area (Å²) in [5.41, 5.74) is 9.68. The molecular weight excluding hydrogens is 273 g/mol. The number of hydrazine groups is 1. The Kier molecular flexibility index (Phi) is 8.67. The molecule has 0 saturated heterocycles. The summed E-state index contributed by atoms with van der Waals surface area (Å²) in [6.07, 6.45) is 6.13. The number of carbonyl (C=O) groups is 2. The van der Waals surface area contributed by atoms with Crippen LogP contribution in [-0.4, -0.2) is 24.4 Å². The summed E-state index contributed by atoms with van der Waals surface area (Å²) in [5, 5.41) is 0. The minimum atomic E-state index is -0.735. The summed E-state index contributed by atoms with van der Waals surface area (Å²) in [6, 6.07) is -0.735. The SMILES string of the molecule is COC1=CC=C/C(=C/NNC(N)=O)C1=O.O.[Ni]. The van der Waals surface area contributed by atoms with Crippen molar-refractivity contribution in [2.45, 2.75) is 0 Å². The van der Waals surface area contributed by atoms with Crippen LogP contribution in [0.2, 0.25) is 0 Å². The van der Waals surface area contributed by atoms with Gasteiger partial charge in [-0.3, -0.25) is 10.2 Å². The molecule has 0 bridgehead atoms. The molecule has 98 valence electrons. The van der Waals surface area contributed by atoms with Crippen molar-refractivity contribution >= 4 is 11.8 Å². The Morgan fingerprint density at radius 3 is 2.71 bits per heavy atom. The van der Waals surface area contributed by atoms with Crippen LogP contribution < -0.4 is 16.6 Å². The number of carbonyl (C=O) groups excluding carboxylic acids is 2. The van der Waals surface area contributed by atoms with Gasteiger partial charge in [0, 0.05) is 28.3 Å². The maximum atomic E-state index is 11.5. The second kappa shape index (κ2) is 8.38. The molecule has 0 spiro atoms. The Morgan fingerprint density at radius 1 is 1.53 bits per heavy atom. The predicted octanol–water partition coefficient (Wildman–Crippen LogP) is -1.11. The average Bonchev–Trinajstić information content (AvgIpc) is 2.20. The van der Waals surface area contributed by atoms with Crippen LogP contribution in [0.5, 0.6) is 0 Å². The number of hydrogen-bond acceptors (Lipinski definition) is 4. The van der Waals surface area contributed by atoms with E-state index in [-0.39, 0.29) is 33.5 Å². The normalized spacial score (nSPS) is 15.2. The van der Waals surface area contributed by atoms with E-state index in [0.29, 0.717) is 5.57 Å². The van der Waals surface area contributed by atoms with Crippen molar-refractivity contribution in [1.29, 1.82) is 0 Å². The molecule has 7 nitrogen and oxygen atoms in total. The third-order valence-electron chi connectivity index (χ3n) is 1.65. The van der Waals surface area contributed by atoms with Crippen LogP contribution in [0, 0.1) is 0 Å². The molecule has 0 unspecified atom stereocenters. The number of ketones is 1. The summed E-state index contributed by atoms with van der Waals surface area (Å²) < 4.78 is 4.84. The molecule has 2 amide bonds. The smallest absolute Gasteiger partial charge is 0.330 e. The van der Waals surface area contributed by atoms with Gasteiger partial charge in [-0.1, -0.05) is 6.08 Å². The number of ether oxygens (including phenoxy) is 1. The van der Waals surface area contributed by atoms with Crippen molar-refractivity contribution in [3.8, 4) is 0 Å². The zero-order valence-electron chi connectivity index (χ0n) is 8.93. The first kappa shape index (κ1) is 17.6. The Bertz CT molecular complexity index is 376. The van der Waals surface area contributed by atoms with Gasteiger partial charge in [0.1, 0.15) is 0 Å². The molecule has 1 aliphatic carbocycles. The Balaban J connectivity index is 0. The van der Waals surface area contributed by atoms with E-state index in [2.05, 4.69) is 10.9 Å². The van der Waals surface area contributed by atoms with Gasteiger partial charge < -0.3 is 21.4 Å². The number of amides is 2. The zero-order chi connectivity index (χ0) is 11.3. The largest absolute Gasteiger partial charge is 0.493 e. The summed E-state index contributed by atoms with van der Waals surface area (Å²) in [4.78, 5) is 21.9. The average molecular weight is 286 g/mol. The maximum absolute atomic E-state index is 11.5. The number of methoxy groups -OCH3 is 1. The van der Waals surface area contributed by atoms with Gasteiger partial charge in [0.05, 0.1) is 7.11 Å². The van der Waals surface area contributed by atoms with Gasteiger partial charge in [-0.15, -0.1) is 0 Å². The van der Waals surface area contributed by atoms with E-state index in [0.717, 1.165) is 0 Å². The summed E-state index contributed by atoms with van der Waals surface area (Å²) in [6.45, 7) is 0. The minimum Gasteiger partial charge on any atom is -0.493 e. The van der Waals surface area contributed by atoms with E-state index in [4.69, 9.17) is 10.5 Å². The predicted molar refractivity (Wildman–Crippen MR) is 56.8 cm³/mol. The van der Waals surface area contributed by atoms with Crippen LogP contribution in [-0.2, 0) is 26.0 Å². The number of hydrogen-bond donors (Lipinski definition) is 3. The molecule has 0 aromatic rings. The molecule has 0 saturated carbocycles. The molecule has 0 aromatic carbocycles. The van der Waals surface area contributed by atoms with Crippen LogP contribution in [0.15, 0.2) is 35.8 Å². The molecule has 8 heteroatoms. The molecule has 0 aliphatic heterocycles. The third-order valence-corrected chi connectivity index (χ3v) is 1.65. The molecular formula is C9H13N3NiO4. The topological polar surface area (TPSA) is 125 Å². The first-order valence-corrected chi connectivity index (χ1v) is 4.13. The van der Waals surface area contributed by atoms with E-state index >= 15 is 0 Å². The van der Waals surface area contributed by atoms with E-state index < -0.39 is 6.03 Å². The van der Waals surface area contributed by atoms with Crippen molar-refractivity contribution in [2.24, 2.45) is 5.73 Å². The molecule has 1 rings (SSSR count).